The number of esters is 1. The number of nitrogens with zero attached hydrogens (tertiary/aromatic N) is 4. The first-order valence-corrected chi connectivity index (χ1v) is 15.8. The van der Waals surface area contributed by atoms with E-state index in [1.54, 1.807) is 0 Å². The van der Waals surface area contributed by atoms with Crippen molar-refractivity contribution in [2.24, 2.45) is 0 Å². The van der Waals surface area contributed by atoms with Crippen molar-refractivity contribution >= 4 is 48.8 Å². The zero-order valence-corrected chi connectivity index (χ0v) is 26.3. The molecule has 0 N–H and O–H groups in total. The van der Waals surface area contributed by atoms with Gasteiger partial charge in [-0.05, 0) is 0 Å². The molecule has 0 atom stereocenters. The van der Waals surface area contributed by atoms with Crippen LogP contribution in [0, 0.1) is 0 Å². The van der Waals surface area contributed by atoms with Crippen molar-refractivity contribution in [1.29, 1.82) is 0 Å². The predicted molar refractivity (Wildman–Crippen MR) is 174 cm³/mol. The monoisotopic (exact) mass is 635 g/mol. The van der Waals surface area contributed by atoms with Gasteiger partial charge in [-0.1, -0.05) is 0 Å². The molecule has 0 aliphatic rings. The number of fused-ring (bicyclic) bond motifs is 2. The molecule has 0 aliphatic heterocycles. The number of carbonyl (C=O) groups excluding carboxylic acids is 1. The molecule has 6 rings (SSSR count). The zero-order chi connectivity index (χ0) is 29.8. The van der Waals surface area contributed by atoms with Crippen molar-refractivity contribution in [2.45, 2.75) is 51.6 Å². The maximum absolute atomic E-state index is 12.3. The molecule has 0 saturated heterocycles. The van der Waals surface area contributed by atoms with E-state index in [1.165, 1.54) is 18.2 Å². The van der Waals surface area contributed by atoms with Crippen LogP contribution in [0.5, 0.6) is 0 Å². The van der Waals surface area contributed by atoms with Crippen molar-refractivity contribution < 1.29 is 9.53 Å². The average molecular weight is 635 g/mol. The van der Waals surface area contributed by atoms with Crippen molar-refractivity contribution in [3.63, 3.8) is 0 Å². The number of carbonyl (C=O) groups is 1. The number of hydrogen-bond acceptors (Lipinski definition) is 4. The minimum atomic E-state index is -0.360. The van der Waals surface area contributed by atoms with Gasteiger partial charge < -0.3 is 0 Å². The Hall–Kier alpha value is -4.19. The fourth-order valence-corrected chi connectivity index (χ4v) is 6.62. The molecule has 217 valence electrons. The van der Waals surface area contributed by atoms with Crippen molar-refractivity contribution in [2.75, 3.05) is 7.11 Å². The molecule has 4 aromatic carbocycles. The molecule has 7 heteroatoms. The number of aryl methyl sites for hydroxylation is 2. The zero-order valence-electron chi connectivity index (χ0n) is 24.6. The van der Waals surface area contributed by atoms with Crippen LogP contribution in [-0.2, 0) is 17.8 Å². The van der Waals surface area contributed by atoms with E-state index in [-0.39, 0.29) is 11.9 Å². The first-order valence-electron chi connectivity index (χ1n) is 14.9. The number of imidazole rings is 2. The normalized spacial score (nSPS) is 11.5. The van der Waals surface area contributed by atoms with Crippen LogP contribution in [0.25, 0.3) is 33.5 Å². The Morgan fingerprint density at radius 1 is 0.814 bits per heavy atom. The average Bonchev–Trinajstić information content (AvgIpc) is 3.58. The molecule has 43 heavy (non-hydrogen) atoms. The molecule has 2 aromatic heterocycles. The van der Waals surface area contributed by atoms with Crippen LogP contribution in [-0.4, -0.2) is 48.2 Å². The number of rotatable bonds is 11. The van der Waals surface area contributed by atoms with E-state index in [1.807, 2.05) is 18.2 Å². The third-order valence-corrected chi connectivity index (χ3v) is 8.83. The number of methoxy groups -OCH3 is 1. The Morgan fingerprint density at radius 2 is 1.53 bits per heavy atom. The summed E-state index contributed by atoms with van der Waals surface area (Å²) in [5, 5.41) is 0. The molecule has 6 aromatic rings. The standard InChI is InChI=1S/C36H35N4O2Se/c1-3-4-11-22-39-32-20-19-27(35(41)42-2)24-31(32)37-34(39)29-17-12-18-30-33(29)40(36(43)38-30)23-21-28(25-13-7-5-8-14-25)26-15-9-6-10-16-26/h5-10,12-20,24,28H,3-4,11,21-23H2,1-2H3. The first-order chi connectivity index (χ1) is 21.1. The van der Waals surface area contributed by atoms with Gasteiger partial charge in [0.05, 0.1) is 0 Å². The van der Waals surface area contributed by atoms with Gasteiger partial charge in [0.2, 0.25) is 0 Å². The number of ether oxygens (including phenoxy) is 1. The van der Waals surface area contributed by atoms with Gasteiger partial charge in [-0.15, -0.1) is 0 Å². The first kappa shape index (κ1) is 28.9. The van der Waals surface area contributed by atoms with E-state index >= 15 is 0 Å². The van der Waals surface area contributed by atoms with Crippen LogP contribution in [0.4, 0.5) is 0 Å². The van der Waals surface area contributed by atoms with E-state index in [0.29, 0.717) is 5.56 Å². The molecule has 0 amide bonds. The quantitative estimate of drug-likeness (QED) is 0.0871. The van der Waals surface area contributed by atoms with E-state index in [0.717, 1.165) is 77.0 Å². The second kappa shape index (κ2) is 13.0. The second-order valence-corrected chi connectivity index (χ2v) is 11.6. The molecule has 2 heterocycles. The maximum atomic E-state index is 12.3. The van der Waals surface area contributed by atoms with Gasteiger partial charge in [-0.25, -0.2) is 0 Å². The molecular weight excluding hydrogens is 599 g/mol. The molecule has 0 saturated carbocycles. The third-order valence-electron chi connectivity index (χ3n) is 8.17. The molecule has 6 nitrogen and oxygen atoms in total. The molecular formula is C36H35N4O2Se. The SMILES string of the molecule is CCCCCn1c(-c2cccc3nc([Se])n(CCC(c4ccccc4)c4ccccc4)c23)nc2cc(C(=O)OC)ccc21. The Morgan fingerprint density at radius 3 is 2.21 bits per heavy atom. The molecule has 0 unspecified atom stereocenters. The number of aromatic nitrogens is 4. The van der Waals surface area contributed by atoms with Crippen LogP contribution in [0.3, 0.4) is 0 Å². The number of hydrogen-bond donors (Lipinski definition) is 0. The van der Waals surface area contributed by atoms with Crippen molar-refractivity contribution in [3.05, 3.63) is 114 Å². The summed E-state index contributed by atoms with van der Waals surface area (Å²) in [6.45, 7) is 3.84. The Kier molecular flexibility index (Phi) is 8.73. The van der Waals surface area contributed by atoms with Crippen molar-refractivity contribution in [3.8, 4) is 11.4 Å². The summed E-state index contributed by atoms with van der Waals surface area (Å²) in [5.74, 6) is 0.783. The van der Waals surface area contributed by atoms with Gasteiger partial charge in [-0.3, -0.25) is 0 Å². The van der Waals surface area contributed by atoms with E-state index in [9.17, 15) is 4.79 Å². The summed E-state index contributed by atoms with van der Waals surface area (Å²) in [6.07, 6.45) is 4.23. The fourth-order valence-electron chi connectivity index (χ4n) is 6.03. The van der Waals surface area contributed by atoms with E-state index in [4.69, 9.17) is 14.7 Å². The Bertz CT molecular complexity index is 1820. The van der Waals surface area contributed by atoms with Gasteiger partial charge in [0, 0.05) is 0 Å². The Balaban J connectivity index is 1.45. The van der Waals surface area contributed by atoms with Crippen LogP contribution in [0.2, 0.25) is 0 Å². The summed E-state index contributed by atoms with van der Waals surface area (Å²) in [6, 6.07) is 33.4. The van der Waals surface area contributed by atoms with Crippen LogP contribution in [0.15, 0.2) is 97.1 Å². The van der Waals surface area contributed by atoms with Crippen LogP contribution in [0.1, 0.15) is 60.0 Å². The molecule has 0 bridgehead atoms. The number of unbranched alkanes of at least 4 members (excludes halogenated alkanes) is 2. The second-order valence-electron chi connectivity index (χ2n) is 10.9. The van der Waals surface area contributed by atoms with Gasteiger partial charge in [0.25, 0.3) is 0 Å². The topological polar surface area (TPSA) is 61.9 Å². The predicted octanol–water partition coefficient (Wildman–Crippen LogP) is 7.05. The van der Waals surface area contributed by atoms with E-state index < -0.39 is 0 Å². The van der Waals surface area contributed by atoms with Gasteiger partial charge >= 0.3 is 261 Å². The van der Waals surface area contributed by atoms with Crippen LogP contribution < -0.4 is 4.72 Å². The molecule has 1 radical (unpaired) electrons. The summed E-state index contributed by atoms with van der Waals surface area (Å²) >= 11 is 3.22. The summed E-state index contributed by atoms with van der Waals surface area (Å²) in [4.78, 5) is 22.4. The van der Waals surface area contributed by atoms with Gasteiger partial charge in [0.1, 0.15) is 0 Å². The van der Waals surface area contributed by atoms with Gasteiger partial charge in [0.15, 0.2) is 0 Å². The molecule has 0 fully saturated rings. The number of benzene rings is 4. The Labute approximate surface area is 260 Å². The molecule has 0 spiro atoms. The van der Waals surface area contributed by atoms with Gasteiger partial charge in [-0.2, -0.15) is 0 Å². The van der Waals surface area contributed by atoms with Crippen molar-refractivity contribution in [1.82, 2.24) is 19.1 Å². The summed E-state index contributed by atoms with van der Waals surface area (Å²) in [7, 11) is 1.41. The summed E-state index contributed by atoms with van der Waals surface area (Å²) in [5.41, 5.74) is 7.95. The van der Waals surface area contributed by atoms with Crippen LogP contribution >= 0.6 is 0 Å². The minimum absolute atomic E-state index is 0.252. The molecule has 0 aliphatic carbocycles. The third kappa shape index (κ3) is 5.88. The summed E-state index contributed by atoms with van der Waals surface area (Å²) < 4.78 is 10.5. The fraction of sp³-hybridized carbons (Fsp3) is 0.250. The number of para-hydroxylation sites is 1. The van der Waals surface area contributed by atoms with E-state index in [2.05, 4.69) is 111 Å².